The molecule has 0 bridgehead atoms. The standard InChI is InChI=1S/C8H9BrFNO4S2/c1-16(12,13)5-17(14,15)11-6-2-3-8(10)7(9)4-6/h2-4,11H,5H2,1H3. The maximum atomic E-state index is 12.9. The predicted octanol–water partition coefficient (Wildman–Crippen LogP) is 1.33. The summed E-state index contributed by atoms with van der Waals surface area (Å²) in [6.45, 7) is 0. The maximum Gasteiger partial charge on any atom is 0.247 e. The van der Waals surface area contributed by atoms with E-state index >= 15 is 0 Å². The van der Waals surface area contributed by atoms with Gasteiger partial charge in [-0.3, -0.25) is 4.72 Å². The molecule has 0 unspecified atom stereocenters. The van der Waals surface area contributed by atoms with Crippen LogP contribution in [0, 0.1) is 5.82 Å². The van der Waals surface area contributed by atoms with Gasteiger partial charge < -0.3 is 0 Å². The van der Waals surface area contributed by atoms with Crippen molar-refractivity contribution in [3.8, 4) is 0 Å². The predicted molar refractivity (Wildman–Crippen MR) is 66.4 cm³/mol. The summed E-state index contributed by atoms with van der Waals surface area (Å²) < 4.78 is 59.6. The average molecular weight is 346 g/mol. The largest absolute Gasteiger partial charge is 0.283 e. The van der Waals surface area contributed by atoms with Gasteiger partial charge in [0.1, 0.15) is 5.82 Å². The van der Waals surface area contributed by atoms with Gasteiger partial charge in [-0.15, -0.1) is 0 Å². The Bertz CT molecular complexity index is 627. The maximum absolute atomic E-state index is 12.9. The van der Waals surface area contributed by atoms with Gasteiger partial charge >= 0.3 is 0 Å². The number of sulfonamides is 1. The number of benzene rings is 1. The van der Waals surface area contributed by atoms with E-state index in [0.717, 1.165) is 12.3 Å². The lowest BCUT2D eigenvalue weighted by Crippen LogP contribution is -2.22. The number of sulfone groups is 1. The fourth-order valence-corrected chi connectivity index (χ4v) is 4.41. The smallest absolute Gasteiger partial charge is 0.247 e. The van der Waals surface area contributed by atoms with Gasteiger partial charge in [0.25, 0.3) is 0 Å². The van der Waals surface area contributed by atoms with Crippen LogP contribution in [0.4, 0.5) is 10.1 Å². The number of nitrogens with one attached hydrogen (secondary N) is 1. The van der Waals surface area contributed by atoms with E-state index in [1.165, 1.54) is 12.1 Å². The van der Waals surface area contributed by atoms with E-state index in [0.29, 0.717) is 0 Å². The second kappa shape index (κ2) is 4.91. The highest BCUT2D eigenvalue weighted by Gasteiger charge is 2.18. The Morgan fingerprint density at radius 1 is 1.29 bits per heavy atom. The summed E-state index contributed by atoms with van der Waals surface area (Å²) in [4.78, 5) is 0. The molecule has 0 amide bonds. The Labute approximate surface area is 107 Å². The molecule has 0 fully saturated rings. The van der Waals surface area contributed by atoms with Gasteiger partial charge in [0, 0.05) is 11.9 Å². The van der Waals surface area contributed by atoms with Gasteiger partial charge in [0.05, 0.1) is 4.47 Å². The molecule has 0 aliphatic rings. The first-order chi connectivity index (χ1) is 7.59. The SMILES string of the molecule is CS(=O)(=O)CS(=O)(=O)Nc1ccc(F)c(Br)c1. The molecule has 0 radical (unpaired) electrons. The van der Waals surface area contributed by atoms with Crippen LogP contribution in [-0.4, -0.2) is 28.2 Å². The van der Waals surface area contributed by atoms with Crippen LogP contribution in [0.3, 0.4) is 0 Å². The van der Waals surface area contributed by atoms with Crippen molar-refractivity contribution in [1.82, 2.24) is 0 Å². The number of halogens is 2. The highest BCUT2D eigenvalue weighted by Crippen LogP contribution is 2.20. The third kappa shape index (κ3) is 5.00. The lowest BCUT2D eigenvalue weighted by Gasteiger charge is -2.07. The van der Waals surface area contributed by atoms with Crippen molar-refractivity contribution in [3.63, 3.8) is 0 Å². The van der Waals surface area contributed by atoms with Gasteiger partial charge in [-0.05, 0) is 34.1 Å². The minimum Gasteiger partial charge on any atom is -0.283 e. The van der Waals surface area contributed by atoms with Crippen LogP contribution in [0.5, 0.6) is 0 Å². The topological polar surface area (TPSA) is 80.3 Å². The minimum absolute atomic E-state index is 0.0806. The average Bonchev–Trinajstić information content (AvgIpc) is 2.06. The molecule has 0 aliphatic carbocycles. The van der Waals surface area contributed by atoms with Crippen molar-refractivity contribution in [3.05, 3.63) is 28.5 Å². The van der Waals surface area contributed by atoms with E-state index in [4.69, 9.17) is 0 Å². The van der Waals surface area contributed by atoms with Crippen LogP contribution in [0.25, 0.3) is 0 Å². The molecule has 1 rings (SSSR count). The molecule has 0 saturated heterocycles. The summed E-state index contributed by atoms with van der Waals surface area (Å²) >= 11 is 2.89. The van der Waals surface area contributed by atoms with Crippen molar-refractivity contribution in [2.75, 3.05) is 16.1 Å². The Kier molecular flexibility index (Phi) is 4.15. The summed E-state index contributed by atoms with van der Waals surface area (Å²) in [5, 5.41) is -1.02. The highest BCUT2D eigenvalue weighted by atomic mass is 79.9. The fraction of sp³-hybridized carbons (Fsp3) is 0.250. The lowest BCUT2D eigenvalue weighted by molar-refractivity contribution is 0.594. The van der Waals surface area contributed by atoms with E-state index in [2.05, 4.69) is 15.9 Å². The van der Waals surface area contributed by atoms with Gasteiger partial charge in [-0.25, -0.2) is 21.2 Å². The van der Waals surface area contributed by atoms with Crippen molar-refractivity contribution < 1.29 is 21.2 Å². The van der Waals surface area contributed by atoms with Gasteiger partial charge in [-0.2, -0.15) is 0 Å². The molecule has 5 nitrogen and oxygen atoms in total. The Hall–Kier alpha value is -0.670. The van der Waals surface area contributed by atoms with Crippen LogP contribution in [0.2, 0.25) is 0 Å². The normalized spacial score (nSPS) is 12.4. The first kappa shape index (κ1) is 14.4. The molecule has 0 heterocycles. The van der Waals surface area contributed by atoms with E-state index in [9.17, 15) is 21.2 Å². The number of hydrogen-bond donors (Lipinski definition) is 1. The zero-order chi connectivity index (χ0) is 13.3. The molecule has 96 valence electrons. The zero-order valence-electron chi connectivity index (χ0n) is 8.64. The van der Waals surface area contributed by atoms with E-state index in [1.807, 2.05) is 4.72 Å². The van der Waals surface area contributed by atoms with Gasteiger partial charge in [0.15, 0.2) is 14.9 Å². The molecule has 1 aromatic carbocycles. The van der Waals surface area contributed by atoms with Crippen molar-refractivity contribution in [2.45, 2.75) is 0 Å². The molecule has 1 N–H and O–H groups in total. The molecule has 17 heavy (non-hydrogen) atoms. The van der Waals surface area contributed by atoms with Crippen molar-refractivity contribution in [1.29, 1.82) is 0 Å². The summed E-state index contributed by atoms with van der Waals surface area (Å²) in [7, 11) is -7.66. The van der Waals surface area contributed by atoms with Gasteiger partial charge in [-0.1, -0.05) is 0 Å². The summed E-state index contributed by atoms with van der Waals surface area (Å²) in [6, 6.07) is 3.46. The van der Waals surface area contributed by atoms with E-state index in [-0.39, 0.29) is 10.2 Å². The molecule has 0 aromatic heterocycles. The Balaban J connectivity index is 2.95. The van der Waals surface area contributed by atoms with Gasteiger partial charge in [0.2, 0.25) is 10.0 Å². The number of rotatable bonds is 4. The van der Waals surface area contributed by atoms with Crippen LogP contribution in [0.1, 0.15) is 0 Å². The lowest BCUT2D eigenvalue weighted by atomic mass is 10.3. The third-order valence-electron chi connectivity index (χ3n) is 1.56. The molecule has 9 heteroatoms. The molecule has 0 atom stereocenters. The third-order valence-corrected chi connectivity index (χ3v) is 5.67. The Morgan fingerprint density at radius 2 is 1.88 bits per heavy atom. The Morgan fingerprint density at radius 3 is 2.35 bits per heavy atom. The molecule has 1 aromatic rings. The van der Waals surface area contributed by atoms with Crippen molar-refractivity contribution in [2.24, 2.45) is 0 Å². The first-order valence-electron chi connectivity index (χ1n) is 4.22. The quantitative estimate of drug-likeness (QED) is 0.892. The second-order valence-corrected chi connectivity index (χ2v) is 8.47. The van der Waals surface area contributed by atoms with E-state index in [1.54, 1.807) is 0 Å². The molecular formula is C8H9BrFNO4S2. The molecule has 0 aliphatic heterocycles. The molecule has 0 saturated carbocycles. The zero-order valence-corrected chi connectivity index (χ0v) is 11.9. The second-order valence-electron chi connectivity index (χ2n) is 3.39. The fourth-order valence-electron chi connectivity index (χ4n) is 1.05. The minimum atomic E-state index is -4.00. The van der Waals surface area contributed by atoms with Crippen molar-refractivity contribution >= 4 is 41.5 Å². The van der Waals surface area contributed by atoms with Crippen LogP contribution in [-0.2, 0) is 19.9 Å². The number of anilines is 1. The van der Waals surface area contributed by atoms with Crippen LogP contribution >= 0.6 is 15.9 Å². The molecule has 0 spiro atoms. The summed E-state index contributed by atoms with van der Waals surface area (Å²) in [6.07, 6.45) is 0.812. The van der Waals surface area contributed by atoms with Crippen LogP contribution < -0.4 is 4.72 Å². The van der Waals surface area contributed by atoms with Crippen LogP contribution in [0.15, 0.2) is 22.7 Å². The monoisotopic (exact) mass is 345 g/mol. The molecular weight excluding hydrogens is 337 g/mol. The first-order valence-corrected chi connectivity index (χ1v) is 8.73. The van der Waals surface area contributed by atoms with E-state index < -0.39 is 30.8 Å². The summed E-state index contributed by atoms with van der Waals surface area (Å²) in [5.74, 6) is -0.545. The number of hydrogen-bond acceptors (Lipinski definition) is 4. The highest BCUT2D eigenvalue weighted by molar-refractivity contribution is 9.10. The summed E-state index contributed by atoms with van der Waals surface area (Å²) in [5.41, 5.74) is 0.0851.